The molecule has 3 aliphatic rings. The Morgan fingerprint density at radius 2 is 0.826 bits per heavy atom. The lowest BCUT2D eigenvalue weighted by Crippen LogP contribution is -2.28. The minimum atomic E-state index is -0.530. The molecule has 0 fully saturated rings. The van der Waals surface area contributed by atoms with Crippen molar-refractivity contribution in [2.45, 2.75) is 43.9 Å². The van der Waals surface area contributed by atoms with E-state index in [4.69, 9.17) is 0 Å². The zero-order chi connectivity index (χ0) is 46.2. The lowest BCUT2D eigenvalue weighted by atomic mass is 9.67. The summed E-state index contributed by atoms with van der Waals surface area (Å²) in [4.78, 5) is 2.55. The largest absolute Gasteiger partial charge is 0.310 e. The van der Waals surface area contributed by atoms with Crippen LogP contribution in [0.1, 0.15) is 72.2 Å². The first kappa shape index (κ1) is 40.3. The van der Waals surface area contributed by atoms with Gasteiger partial charge in [-0.15, -0.1) is 11.3 Å². The van der Waals surface area contributed by atoms with Crippen molar-refractivity contribution >= 4 is 48.6 Å². The van der Waals surface area contributed by atoms with E-state index < -0.39 is 5.41 Å². The van der Waals surface area contributed by atoms with Gasteiger partial charge in [0, 0.05) is 48.1 Å². The fraction of sp³-hybridized carbons (Fsp3) is 0.104. The molecule has 0 saturated heterocycles. The van der Waals surface area contributed by atoms with Gasteiger partial charge in [0.1, 0.15) is 0 Å². The molecule has 11 aromatic rings. The van der Waals surface area contributed by atoms with Crippen molar-refractivity contribution in [1.82, 2.24) is 0 Å². The quantitative estimate of drug-likeness (QED) is 0.161. The number of hydrogen-bond acceptors (Lipinski definition) is 2. The first-order chi connectivity index (χ1) is 33.7. The Balaban J connectivity index is 1.05. The van der Waals surface area contributed by atoms with E-state index in [1.807, 2.05) is 11.3 Å². The highest BCUT2D eigenvalue weighted by Crippen LogP contribution is 2.60. The van der Waals surface area contributed by atoms with Gasteiger partial charge in [-0.05, 0) is 138 Å². The normalized spacial score (nSPS) is 15.0. The molecule has 1 heterocycles. The van der Waals surface area contributed by atoms with E-state index in [-0.39, 0.29) is 10.8 Å². The molecular formula is C67H49NS. The average Bonchev–Trinajstić information content (AvgIpc) is 4.06. The second-order valence-electron chi connectivity index (χ2n) is 20.4. The maximum Gasteiger partial charge on any atom is 0.0714 e. The number of nitrogens with zero attached hydrogens (tertiary/aromatic N) is 1. The van der Waals surface area contributed by atoms with Gasteiger partial charge in [0.15, 0.2) is 0 Å². The molecule has 3 aliphatic carbocycles. The van der Waals surface area contributed by atoms with Crippen LogP contribution in [0.4, 0.5) is 17.1 Å². The van der Waals surface area contributed by atoms with Gasteiger partial charge in [0.05, 0.1) is 5.41 Å². The molecule has 0 bridgehead atoms. The molecule has 2 heteroatoms. The molecule has 0 saturated carbocycles. The SMILES string of the molecule is CC1(C)c2ccccc2-c2ccc(N(c3ccc4c(c3)-c3c(cc5sc6ccccc6c5c3-c3ccccc3)C4(C)C)c3ccc4c(c3)C(c3ccccc3)(c3ccccc3)c3ccccc3-4)cc21. The van der Waals surface area contributed by atoms with Crippen LogP contribution in [0.5, 0.6) is 0 Å². The molecule has 0 unspecified atom stereocenters. The Bertz CT molecular complexity index is 3850. The lowest BCUT2D eigenvalue weighted by Gasteiger charge is -2.35. The van der Waals surface area contributed by atoms with Crippen LogP contribution < -0.4 is 4.90 Å². The van der Waals surface area contributed by atoms with Gasteiger partial charge in [0.25, 0.3) is 0 Å². The van der Waals surface area contributed by atoms with Gasteiger partial charge in [0.2, 0.25) is 0 Å². The summed E-state index contributed by atoms with van der Waals surface area (Å²) in [7, 11) is 0. The molecule has 0 amide bonds. The molecule has 14 rings (SSSR count). The molecule has 0 atom stereocenters. The third-order valence-corrected chi connectivity index (χ3v) is 17.3. The predicted molar refractivity (Wildman–Crippen MR) is 292 cm³/mol. The molecule has 0 N–H and O–H groups in total. The maximum atomic E-state index is 2.55. The number of rotatable bonds is 6. The standard InChI is InChI=1S/C67H49NS/c1-65(2)54-29-17-14-26-48(54)50-35-32-46(39-57(50)65)68(47-33-36-51-49-27-15-18-30-56(49)67(58(51)40-47,43-22-10-6-11-23-43)44-24-12-7-13-25-44)45-34-37-55-53(38-45)63-59(66(55,3)4)41-61-64(52-28-16-19-31-60(52)69-61)62(63)42-20-8-5-9-21-42/h5-41H,1-4H3. The third kappa shape index (κ3) is 5.52. The predicted octanol–water partition coefficient (Wildman–Crippen LogP) is 18.2. The van der Waals surface area contributed by atoms with Crippen LogP contribution in [0.25, 0.3) is 64.7 Å². The summed E-state index contributed by atoms with van der Waals surface area (Å²) in [5.41, 5.74) is 23.6. The second kappa shape index (κ2) is 14.6. The Kier molecular flexibility index (Phi) is 8.54. The van der Waals surface area contributed by atoms with Crippen molar-refractivity contribution in [3.63, 3.8) is 0 Å². The second-order valence-corrected chi connectivity index (χ2v) is 21.4. The van der Waals surface area contributed by atoms with Crippen molar-refractivity contribution in [2.75, 3.05) is 4.90 Å². The Morgan fingerprint density at radius 1 is 0.333 bits per heavy atom. The first-order valence-corrected chi connectivity index (χ1v) is 25.2. The summed E-state index contributed by atoms with van der Waals surface area (Å²) in [5.74, 6) is 0. The van der Waals surface area contributed by atoms with Gasteiger partial charge in [-0.1, -0.05) is 204 Å². The maximum absolute atomic E-state index is 2.55. The van der Waals surface area contributed by atoms with Crippen LogP contribution in [-0.4, -0.2) is 0 Å². The molecule has 69 heavy (non-hydrogen) atoms. The minimum Gasteiger partial charge on any atom is -0.310 e. The van der Waals surface area contributed by atoms with Gasteiger partial charge in [-0.25, -0.2) is 0 Å². The number of thiophene rings is 1. The van der Waals surface area contributed by atoms with Crippen LogP contribution in [0.15, 0.2) is 224 Å². The van der Waals surface area contributed by atoms with Crippen LogP contribution in [0, 0.1) is 0 Å². The Morgan fingerprint density at radius 3 is 1.52 bits per heavy atom. The number of anilines is 3. The molecule has 1 aromatic heterocycles. The van der Waals surface area contributed by atoms with Gasteiger partial charge in [-0.2, -0.15) is 0 Å². The van der Waals surface area contributed by atoms with Gasteiger partial charge < -0.3 is 4.90 Å². The Labute approximate surface area is 408 Å². The monoisotopic (exact) mass is 899 g/mol. The fourth-order valence-electron chi connectivity index (χ4n) is 13.0. The summed E-state index contributed by atoms with van der Waals surface area (Å²) in [6.07, 6.45) is 0. The summed E-state index contributed by atoms with van der Waals surface area (Å²) in [6.45, 7) is 9.63. The Hall–Kier alpha value is -7.78. The van der Waals surface area contributed by atoms with Crippen LogP contribution >= 0.6 is 11.3 Å². The van der Waals surface area contributed by atoms with Crippen LogP contribution in [-0.2, 0) is 16.2 Å². The van der Waals surface area contributed by atoms with Gasteiger partial charge >= 0.3 is 0 Å². The molecule has 10 aromatic carbocycles. The highest BCUT2D eigenvalue weighted by atomic mass is 32.1. The van der Waals surface area contributed by atoms with E-state index in [0.717, 1.165) is 17.1 Å². The summed E-state index contributed by atoms with van der Waals surface area (Å²) in [5, 5.41) is 2.67. The van der Waals surface area contributed by atoms with Gasteiger partial charge in [-0.3, -0.25) is 0 Å². The molecule has 0 spiro atoms. The van der Waals surface area contributed by atoms with Crippen LogP contribution in [0.2, 0.25) is 0 Å². The van der Waals surface area contributed by atoms with E-state index in [2.05, 4.69) is 257 Å². The molecule has 328 valence electrons. The summed E-state index contributed by atoms with van der Waals surface area (Å²) in [6, 6.07) is 84.9. The van der Waals surface area contributed by atoms with Crippen molar-refractivity contribution in [3.05, 3.63) is 269 Å². The van der Waals surface area contributed by atoms with E-state index in [1.165, 1.54) is 109 Å². The number of benzene rings is 10. The average molecular weight is 900 g/mol. The van der Waals surface area contributed by atoms with E-state index in [0.29, 0.717) is 0 Å². The first-order valence-electron chi connectivity index (χ1n) is 24.3. The highest BCUT2D eigenvalue weighted by Gasteiger charge is 2.47. The van der Waals surface area contributed by atoms with E-state index in [9.17, 15) is 0 Å². The van der Waals surface area contributed by atoms with Crippen molar-refractivity contribution in [1.29, 1.82) is 0 Å². The summed E-state index contributed by atoms with van der Waals surface area (Å²) >= 11 is 1.92. The molecular weight excluding hydrogens is 851 g/mol. The molecule has 0 aliphatic heterocycles. The molecule has 1 nitrogen and oxygen atoms in total. The zero-order valence-electron chi connectivity index (χ0n) is 39.2. The fourth-order valence-corrected chi connectivity index (χ4v) is 14.1. The van der Waals surface area contributed by atoms with Crippen molar-refractivity contribution < 1.29 is 0 Å². The molecule has 0 radical (unpaired) electrons. The van der Waals surface area contributed by atoms with Crippen LogP contribution in [0.3, 0.4) is 0 Å². The zero-order valence-corrected chi connectivity index (χ0v) is 40.0. The smallest absolute Gasteiger partial charge is 0.0714 e. The minimum absolute atomic E-state index is 0.164. The number of hydrogen-bond donors (Lipinski definition) is 0. The van der Waals surface area contributed by atoms with E-state index in [1.54, 1.807) is 0 Å². The van der Waals surface area contributed by atoms with Crippen molar-refractivity contribution in [3.8, 4) is 44.5 Å². The van der Waals surface area contributed by atoms with E-state index >= 15 is 0 Å². The lowest BCUT2D eigenvalue weighted by molar-refractivity contribution is 0.660. The highest BCUT2D eigenvalue weighted by molar-refractivity contribution is 7.26. The summed E-state index contributed by atoms with van der Waals surface area (Å²) < 4.78 is 2.67. The topological polar surface area (TPSA) is 3.24 Å². The third-order valence-electron chi connectivity index (χ3n) is 16.1. The number of fused-ring (bicyclic) bond motifs is 12. The van der Waals surface area contributed by atoms with Crippen molar-refractivity contribution in [2.24, 2.45) is 0 Å².